The number of fused-ring (bicyclic) bond motifs is 1. The average molecular weight is 600 g/mol. The summed E-state index contributed by atoms with van der Waals surface area (Å²) in [6.45, 7) is 5.69. The Morgan fingerprint density at radius 3 is 2.62 bits per heavy atom. The highest BCUT2D eigenvalue weighted by molar-refractivity contribution is 6.31. The quantitative estimate of drug-likeness (QED) is 0.378. The van der Waals surface area contributed by atoms with E-state index in [1.54, 1.807) is 42.7 Å². The first-order valence-corrected chi connectivity index (χ1v) is 14.2. The minimum Gasteiger partial charge on any atom is -0.490 e. The third-order valence-corrected chi connectivity index (χ3v) is 7.78. The van der Waals surface area contributed by atoms with Crippen LogP contribution in [0.25, 0.3) is 11.1 Å². The number of anilines is 1. The number of halogens is 3. The van der Waals surface area contributed by atoms with Crippen LogP contribution in [0.1, 0.15) is 50.4 Å². The van der Waals surface area contributed by atoms with Gasteiger partial charge in [-0.05, 0) is 75.6 Å². The number of ether oxygens (including phenoxy) is 2. The van der Waals surface area contributed by atoms with E-state index in [0.717, 1.165) is 0 Å². The first kappa shape index (κ1) is 29.7. The van der Waals surface area contributed by atoms with Crippen molar-refractivity contribution in [1.29, 1.82) is 0 Å². The second kappa shape index (κ2) is 11.9. The molecule has 0 saturated carbocycles. The van der Waals surface area contributed by atoms with Crippen LogP contribution in [-0.2, 0) is 4.79 Å². The number of hydrogen-bond acceptors (Lipinski definition) is 6. The van der Waals surface area contributed by atoms with Crippen LogP contribution in [0, 0.1) is 11.6 Å². The summed E-state index contributed by atoms with van der Waals surface area (Å²) >= 11 is 6.17. The number of aliphatic hydroxyl groups excluding tert-OH is 1. The van der Waals surface area contributed by atoms with Crippen molar-refractivity contribution in [2.75, 3.05) is 24.6 Å². The number of carbonyl (C=O) groups excluding carboxylic acids is 2. The molecular formula is C31H32ClF2N3O5. The fourth-order valence-corrected chi connectivity index (χ4v) is 5.51. The number of pyridine rings is 1. The lowest BCUT2D eigenvalue weighted by molar-refractivity contribution is -0.133. The summed E-state index contributed by atoms with van der Waals surface area (Å²) in [4.78, 5) is 34.2. The molecule has 42 heavy (non-hydrogen) atoms. The first-order chi connectivity index (χ1) is 20.0. The maximum atomic E-state index is 15.4. The third kappa shape index (κ3) is 5.91. The smallest absolute Gasteiger partial charge is 0.271 e. The summed E-state index contributed by atoms with van der Waals surface area (Å²) in [6.07, 6.45) is 2.44. The van der Waals surface area contributed by atoms with E-state index in [0.29, 0.717) is 65.8 Å². The van der Waals surface area contributed by atoms with Gasteiger partial charge in [0.1, 0.15) is 23.1 Å². The second-order valence-corrected chi connectivity index (χ2v) is 11.5. The van der Waals surface area contributed by atoms with Gasteiger partial charge in [0.2, 0.25) is 5.88 Å². The van der Waals surface area contributed by atoms with Gasteiger partial charge in [-0.3, -0.25) is 9.59 Å². The zero-order valence-corrected chi connectivity index (χ0v) is 24.3. The SMILES string of the molecule is C[C@H](CCO)Oc1ccc(F)cc1-c1ccc(C(=O)N2CCC(N3C(=O)C(C)(C)Oc4ncc(Cl)cc43)CC2)c(F)c1. The van der Waals surface area contributed by atoms with Gasteiger partial charge >= 0.3 is 0 Å². The molecular weight excluding hydrogens is 568 g/mol. The summed E-state index contributed by atoms with van der Waals surface area (Å²) in [6, 6.07) is 9.52. The second-order valence-electron chi connectivity index (χ2n) is 11.1. The number of amides is 2. The molecule has 3 heterocycles. The molecule has 1 saturated heterocycles. The summed E-state index contributed by atoms with van der Waals surface area (Å²) in [7, 11) is 0. The largest absolute Gasteiger partial charge is 0.490 e. The van der Waals surface area contributed by atoms with E-state index in [1.807, 2.05) is 0 Å². The molecule has 11 heteroatoms. The number of likely N-dealkylation sites (tertiary alicyclic amines) is 1. The lowest BCUT2D eigenvalue weighted by Crippen LogP contribution is -2.58. The number of aromatic nitrogens is 1. The van der Waals surface area contributed by atoms with Crippen molar-refractivity contribution >= 4 is 29.1 Å². The molecule has 0 unspecified atom stereocenters. The minimum atomic E-state index is -1.12. The van der Waals surface area contributed by atoms with E-state index >= 15 is 4.39 Å². The lowest BCUT2D eigenvalue weighted by Gasteiger charge is -2.44. The number of nitrogens with zero attached hydrogens (tertiary/aromatic N) is 3. The molecule has 2 aliphatic heterocycles. The van der Waals surface area contributed by atoms with Gasteiger partial charge < -0.3 is 24.4 Å². The Kier molecular flexibility index (Phi) is 8.39. The normalized spacial score (nSPS) is 17.5. The van der Waals surface area contributed by atoms with Gasteiger partial charge in [-0.1, -0.05) is 17.7 Å². The van der Waals surface area contributed by atoms with Crippen LogP contribution in [0.2, 0.25) is 5.02 Å². The Hall–Kier alpha value is -3.76. The number of carbonyl (C=O) groups is 2. The fraction of sp³-hybridized carbons (Fsp3) is 0.387. The monoisotopic (exact) mass is 599 g/mol. The van der Waals surface area contributed by atoms with Crippen molar-refractivity contribution in [3.63, 3.8) is 0 Å². The van der Waals surface area contributed by atoms with Gasteiger partial charge in [-0.2, -0.15) is 0 Å². The highest BCUT2D eigenvalue weighted by Crippen LogP contribution is 2.40. The Bertz CT molecular complexity index is 1510. The Morgan fingerprint density at radius 2 is 1.93 bits per heavy atom. The standard InChI is InChI=1S/C31H32ClF2N3O5/c1-18(10-13-38)41-27-7-5-21(33)16-24(27)19-4-6-23(25(34)14-19)29(39)36-11-8-22(9-12-36)37-26-15-20(32)17-35-28(26)42-31(2,3)30(37)40/h4-7,14-18,22,38H,8-13H2,1-3H3/t18-/m1/s1. The van der Waals surface area contributed by atoms with E-state index in [-0.39, 0.29) is 30.2 Å². The minimum absolute atomic E-state index is 0.0695. The summed E-state index contributed by atoms with van der Waals surface area (Å²) < 4.78 is 41.1. The molecule has 1 aromatic heterocycles. The lowest BCUT2D eigenvalue weighted by atomic mass is 9.96. The molecule has 8 nitrogen and oxygen atoms in total. The maximum Gasteiger partial charge on any atom is 0.271 e. The van der Waals surface area contributed by atoms with Crippen molar-refractivity contribution in [2.45, 2.75) is 57.8 Å². The van der Waals surface area contributed by atoms with Crippen LogP contribution in [-0.4, -0.2) is 64.2 Å². The van der Waals surface area contributed by atoms with Crippen molar-refractivity contribution in [1.82, 2.24) is 9.88 Å². The molecule has 0 spiro atoms. The van der Waals surface area contributed by atoms with Crippen LogP contribution < -0.4 is 14.4 Å². The van der Waals surface area contributed by atoms with Gasteiger partial charge in [0, 0.05) is 43.9 Å². The highest BCUT2D eigenvalue weighted by Gasteiger charge is 2.45. The van der Waals surface area contributed by atoms with Crippen LogP contribution in [0.5, 0.6) is 11.6 Å². The molecule has 2 aromatic carbocycles. The Morgan fingerprint density at radius 1 is 1.19 bits per heavy atom. The molecule has 2 aliphatic rings. The van der Waals surface area contributed by atoms with Crippen LogP contribution in [0.4, 0.5) is 14.5 Å². The number of rotatable bonds is 7. The molecule has 0 aliphatic carbocycles. The summed E-state index contributed by atoms with van der Waals surface area (Å²) in [5.41, 5.74) is -0.0339. The third-order valence-electron chi connectivity index (χ3n) is 7.58. The molecule has 2 amide bonds. The average Bonchev–Trinajstić information content (AvgIpc) is 2.95. The molecule has 3 aromatic rings. The topological polar surface area (TPSA) is 92.2 Å². The van der Waals surface area contributed by atoms with Crippen molar-refractivity contribution in [3.05, 3.63) is 70.9 Å². The van der Waals surface area contributed by atoms with Gasteiger partial charge in [0.05, 0.1) is 16.7 Å². The van der Waals surface area contributed by atoms with E-state index < -0.39 is 23.1 Å². The molecule has 1 N–H and O–H groups in total. The molecule has 5 rings (SSSR count). The molecule has 0 radical (unpaired) electrons. The van der Waals surface area contributed by atoms with Crippen molar-refractivity contribution in [3.8, 4) is 22.8 Å². The van der Waals surface area contributed by atoms with Crippen LogP contribution in [0.15, 0.2) is 48.7 Å². The van der Waals surface area contributed by atoms with E-state index in [1.165, 1.54) is 36.5 Å². The first-order valence-electron chi connectivity index (χ1n) is 13.8. The van der Waals surface area contributed by atoms with E-state index in [9.17, 15) is 19.1 Å². The van der Waals surface area contributed by atoms with E-state index in [2.05, 4.69) is 4.98 Å². The number of hydrogen-bond donors (Lipinski definition) is 1. The molecule has 1 atom stereocenters. The van der Waals surface area contributed by atoms with Crippen molar-refractivity contribution < 1.29 is 33.0 Å². The van der Waals surface area contributed by atoms with Crippen LogP contribution in [0.3, 0.4) is 0 Å². The fourth-order valence-electron chi connectivity index (χ4n) is 5.36. The molecule has 0 bridgehead atoms. The molecule has 1 fully saturated rings. The summed E-state index contributed by atoms with van der Waals surface area (Å²) in [5.74, 6) is -1.28. The predicted molar refractivity (Wildman–Crippen MR) is 154 cm³/mol. The maximum absolute atomic E-state index is 15.4. The van der Waals surface area contributed by atoms with Gasteiger partial charge in [0.25, 0.3) is 11.8 Å². The van der Waals surface area contributed by atoms with Crippen LogP contribution >= 0.6 is 11.6 Å². The Balaban J connectivity index is 1.32. The zero-order chi connectivity index (χ0) is 30.2. The van der Waals surface area contributed by atoms with Crippen molar-refractivity contribution in [2.24, 2.45) is 0 Å². The van der Waals surface area contributed by atoms with E-state index in [4.69, 9.17) is 21.1 Å². The number of benzene rings is 2. The van der Waals surface area contributed by atoms with Gasteiger partial charge in [-0.25, -0.2) is 13.8 Å². The zero-order valence-electron chi connectivity index (χ0n) is 23.6. The molecule has 222 valence electrons. The number of aliphatic hydroxyl groups is 1. The number of piperidine rings is 1. The van der Waals surface area contributed by atoms with Gasteiger partial charge in [-0.15, -0.1) is 0 Å². The highest BCUT2D eigenvalue weighted by atomic mass is 35.5. The Labute approximate surface area is 247 Å². The summed E-state index contributed by atoms with van der Waals surface area (Å²) in [5, 5.41) is 9.55. The predicted octanol–water partition coefficient (Wildman–Crippen LogP) is 5.64. The van der Waals surface area contributed by atoms with Gasteiger partial charge in [0.15, 0.2) is 5.60 Å².